The Kier molecular flexibility index (Phi) is 5.75. The minimum absolute atomic E-state index is 0.0767. The van der Waals surface area contributed by atoms with E-state index < -0.39 is 5.97 Å². The number of carbonyl (C=O) groups is 1. The molecule has 9 heteroatoms. The first-order valence-corrected chi connectivity index (χ1v) is 12.4. The first kappa shape index (κ1) is 22.5. The van der Waals surface area contributed by atoms with Gasteiger partial charge in [-0.1, -0.05) is 18.2 Å². The zero-order valence-corrected chi connectivity index (χ0v) is 19.8. The molecule has 1 unspecified atom stereocenters. The van der Waals surface area contributed by atoms with Crippen molar-refractivity contribution >= 4 is 23.3 Å². The fourth-order valence-electron chi connectivity index (χ4n) is 5.39. The minimum atomic E-state index is -0.721. The third-order valence-electron chi connectivity index (χ3n) is 7.29. The Bertz CT molecular complexity index is 1410. The van der Waals surface area contributed by atoms with Crippen molar-refractivity contribution in [3.05, 3.63) is 72.2 Å². The molecule has 1 aromatic carbocycles. The lowest BCUT2D eigenvalue weighted by atomic mass is 9.97. The second-order valence-electron chi connectivity index (χ2n) is 9.49. The molecule has 0 radical (unpaired) electrons. The predicted molar refractivity (Wildman–Crippen MR) is 135 cm³/mol. The van der Waals surface area contributed by atoms with Crippen LogP contribution in [-0.2, 0) is 4.79 Å². The quantitative estimate of drug-likeness (QED) is 0.442. The third kappa shape index (κ3) is 4.14. The molecule has 4 aromatic rings. The molecule has 8 nitrogen and oxygen atoms in total. The van der Waals surface area contributed by atoms with E-state index in [-0.39, 0.29) is 17.8 Å². The number of benzene rings is 1. The standard InChI is InChI=1S/C27H27FN6O2/c28-20-5-1-4-19(16-20)22-7-3-13-33(22)26-10-9-24-29-17-23(34(24)31-26)21-6-2-8-25(30-21)32-14-11-18(12-15-32)27(35)36/h1-2,4-6,8-10,16-18,22H,3,7,11-15H2,(H,35,36). The van der Waals surface area contributed by atoms with Gasteiger partial charge in [-0.05, 0) is 67.6 Å². The van der Waals surface area contributed by atoms with E-state index in [1.165, 1.54) is 6.07 Å². The number of aliphatic carboxylic acids is 1. The van der Waals surface area contributed by atoms with Crippen molar-refractivity contribution in [2.45, 2.75) is 31.7 Å². The summed E-state index contributed by atoms with van der Waals surface area (Å²) in [5, 5.41) is 14.2. The first-order valence-electron chi connectivity index (χ1n) is 12.4. The molecule has 0 amide bonds. The summed E-state index contributed by atoms with van der Waals surface area (Å²) in [6.07, 6.45) is 4.97. The van der Waals surface area contributed by atoms with Crippen LogP contribution in [0.3, 0.4) is 0 Å². The highest BCUT2D eigenvalue weighted by Gasteiger charge is 2.28. The Morgan fingerprint density at radius 2 is 1.81 bits per heavy atom. The zero-order valence-electron chi connectivity index (χ0n) is 19.8. The van der Waals surface area contributed by atoms with Crippen molar-refractivity contribution in [1.29, 1.82) is 0 Å². The Labute approximate surface area is 208 Å². The summed E-state index contributed by atoms with van der Waals surface area (Å²) in [6, 6.07) is 16.7. The zero-order chi connectivity index (χ0) is 24.6. The van der Waals surface area contributed by atoms with Gasteiger partial charge < -0.3 is 14.9 Å². The number of imidazole rings is 1. The molecule has 36 heavy (non-hydrogen) atoms. The van der Waals surface area contributed by atoms with Gasteiger partial charge in [0, 0.05) is 19.6 Å². The van der Waals surface area contributed by atoms with Crippen molar-refractivity contribution in [2.75, 3.05) is 29.4 Å². The van der Waals surface area contributed by atoms with E-state index in [0.29, 0.717) is 25.9 Å². The van der Waals surface area contributed by atoms with Gasteiger partial charge in [0.2, 0.25) is 0 Å². The summed E-state index contributed by atoms with van der Waals surface area (Å²) in [5.41, 5.74) is 3.23. The highest BCUT2D eigenvalue weighted by Crippen LogP contribution is 2.36. The normalized spacial score (nSPS) is 18.8. The highest BCUT2D eigenvalue weighted by molar-refractivity contribution is 5.70. The number of pyridine rings is 1. The molecule has 2 saturated heterocycles. The van der Waals surface area contributed by atoms with E-state index in [2.05, 4.69) is 14.8 Å². The number of fused-ring (bicyclic) bond motifs is 1. The smallest absolute Gasteiger partial charge is 0.306 e. The van der Waals surface area contributed by atoms with Gasteiger partial charge in [-0.2, -0.15) is 0 Å². The van der Waals surface area contributed by atoms with E-state index >= 15 is 0 Å². The lowest BCUT2D eigenvalue weighted by molar-refractivity contribution is -0.142. The van der Waals surface area contributed by atoms with Gasteiger partial charge in [-0.3, -0.25) is 4.79 Å². The highest BCUT2D eigenvalue weighted by atomic mass is 19.1. The molecular weight excluding hydrogens is 459 g/mol. The average molecular weight is 487 g/mol. The van der Waals surface area contributed by atoms with Crippen LogP contribution in [0.1, 0.15) is 37.3 Å². The summed E-state index contributed by atoms with van der Waals surface area (Å²) in [5.74, 6) is 0.417. The lowest BCUT2D eigenvalue weighted by Crippen LogP contribution is -2.36. The number of carboxylic acids is 1. The topological polar surface area (TPSA) is 86.9 Å². The molecule has 0 saturated carbocycles. The van der Waals surface area contributed by atoms with Crippen molar-refractivity contribution in [1.82, 2.24) is 19.6 Å². The summed E-state index contributed by atoms with van der Waals surface area (Å²) in [4.78, 5) is 25.1. The second kappa shape index (κ2) is 9.22. The maximum atomic E-state index is 13.9. The lowest BCUT2D eigenvalue weighted by Gasteiger charge is -2.31. The van der Waals surface area contributed by atoms with Crippen LogP contribution < -0.4 is 9.80 Å². The molecule has 5 heterocycles. The largest absolute Gasteiger partial charge is 0.481 e. The number of hydrogen-bond donors (Lipinski definition) is 1. The first-order chi connectivity index (χ1) is 17.6. The molecule has 0 bridgehead atoms. The van der Waals surface area contributed by atoms with E-state index in [1.54, 1.807) is 18.3 Å². The van der Waals surface area contributed by atoms with Gasteiger partial charge in [-0.25, -0.2) is 18.9 Å². The predicted octanol–water partition coefficient (Wildman–Crippen LogP) is 4.57. The summed E-state index contributed by atoms with van der Waals surface area (Å²) in [7, 11) is 0. The average Bonchev–Trinajstić information content (AvgIpc) is 3.56. The fraction of sp³-hybridized carbons (Fsp3) is 0.333. The molecule has 184 valence electrons. The van der Waals surface area contributed by atoms with Crippen LogP contribution in [0.4, 0.5) is 16.0 Å². The molecule has 2 aliphatic rings. The maximum absolute atomic E-state index is 13.9. The molecule has 1 atom stereocenters. The summed E-state index contributed by atoms with van der Waals surface area (Å²) in [6.45, 7) is 2.18. The Balaban J connectivity index is 1.30. The SMILES string of the molecule is O=C(O)C1CCN(c2cccc(-c3cnc4ccc(N5CCCC5c5cccc(F)c5)nn34)n2)CC1. The van der Waals surface area contributed by atoms with Gasteiger partial charge >= 0.3 is 5.97 Å². The molecule has 2 aliphatic heterocycles. The molecule has 6 rings (SSSR count). The van der Waals surface area contributed by atoms with Crippen LogP contribution in [0.5, 0.6) is 0 Å². The number of anilines is 2. The Morgan fingerprint density at radius 1 is 0.972 bits per heavy atom. The minimum Gasteiger partial charge on any atom is -0.481 e. The molecule has 0 aliphatic carbocycles. The summed E-state index contributed by atoms with van der Waals surface area (Å²) >= 11 is 0. The molecule has 2 fully saturated rings. The van der Waals surface area contributed by atoms with Gasteiger partial charge in [-0.15, -0.1) is 5.10 Å². The number of halogens is 1. The maximum Gasteiger partial charge on any atom is 0.306 e. The van der Waals surface area contributed by atoms with Crippen LogP contribution in [0.15, 0.2) is 60.8 Å². The fourth-order valence-corrected chi connectivity index (χ4v) is 5.39. The van der Waals surface area contributed by atoms with Gasteiger partial charge in [0.05, 0.1) is 23.9 Å². The monoisotopic (exact) mass is 486 g/mol. The number of rotatable bonds is 5. The number of piperidine rings is 1. The van der Waals surface area contributed by atoms with Crippen molar-refractivity contribution in [3.63, 3.8) is 0 Å². The van der Waals surface area contributed by atoms with E-state index in [1.807, 2.05) is 40.9 Å². The molecule has 1 N–H and O–H groups in total. The van der Waals surface area contributed by atoms with E-state index in [0.717, 1.165) is 53.6 Å². The molecule has 0 spiro atoms. The Hall–Kier alpha value is -4.01. The molecule has 3 aromatic heterocycles. The van der Waals surface area contributed by atoms with Crippen LogP contribution >= 0.6 is 0 Å². The van der Waals surface area contributed by atoms with Crippen LogP contribution in [0, 0.1) is 11.7 Å². The Morgan fingerprint density at radius 3 is 2.61 bits per heavy atom. The van der Waals surface area contributed by atoms with Gasteiger partial charge in [0.15, 0.2) is 5.65 Å². The van der Waals surface area contributed by atoms with E-state index in [4.69, 9.17) is 10.1 Å². The number of nitrogens with zero attached hydrogens (tertiary/aromatic N) is 6. The molecular formula is C27H27FN6O2. The van der Waals surface area contributed by atoms with E-state index in [9.17, 15) is 14.3 Å². The summed E-state index contributed by atoms with van der Waals surface area (Å²) < 4.78 is 15.7. The number of hydrogen-bond acceptors (Lipinski definition) is 6. The van der Waals surface area contributed by atoms with Crippen molar-refractivity contribution in [2.24, 2.45) is 5.92 Å². The third-order valence-corrected chi connectivity index (χ3v) is 7.29. The van der Waals surface area contributed by atoms with Gasteiger partial charge in [0.25, 0.3) is 0 Å². The van der Waals surface area contributed by atoms with Crippen LogP contribution in [0.2, 0.25) is 0 Å². The van der Waals surface area contributed by atoms with Crippen molar-refractivity contribution < 1.29 is 14.3 Å². The number of aromatic nitrogens is 4. The van der Waals surface area contributed by atoms with Crippen molar-refractivity contribution in [3.8, 4) is 11.4 Å². The second-order valence-corrected chi connectivity index (χ2v) is 9.49. The van der Waals surface area contributed by atoms with Gasteiger partial charge in [0.1, 0.15) is 23.1 Å². The number of carboxylic acid groups (broad SMARTS) is 1. The van der Waals surface area contributed by atoms with Crippen LogP contribution in [0.25, 0.3) is 17.0 Å². The van der Waals surface area contributed by atoms with Crippen LogP contribution in [-0.4, -0.2) is 50.3 Å².